The summed E-state index contributed by atoms with van der Waals surface area (Å²) in [4.78, 5) is 37.9. The first-order chi connectivity index (χ1) is 12.9. The van der Waals surface area contributed by atoms with Crippen LogP contribution in [0, 0.1) is 19.7 Å². The van der Waals surface area contributed by atoms with Crippen LogP contribution in [-0.4, -0.2) is 28.5 Å². The molecule has 0 saturated carbocycles. The minimum atomic E-state index is -0.607. The van der Waals surface area contributed by atoms with Gasteiger partial charge in [0.25, 0.3) is 11.1 Å². The Morgan fingerprint density at radius 2 is 1.78 bits per heavy atom. The van der Waals surface area contributed by atoms with Crippen molar-refractivity contribution in [3.8, 4) is 0 Å². The highest BCUT2D eigenvalue weighted by molar-refractivity contribution is 8.18. The van der Waals surface area contributed by atoms with Gasteiger partial charge in [-0.05, 0) is 48.9 Å². The zero-order valence-corrected chi connectivity index (χ0v) is 15.6. The van der Waals surface area contributed by atoms with Gasteiger partial charge in [-0.1, -0.05) is 36.4 Å². The van der Waals surface area contributed by atoms with Crippen LogP contribution >= 0.6 is 11.8 Å². The zero-order valence-electron chi connectivity index (χ0n) is 14.8. The number of nitrogens with zero attached hydrogens (tertiary/aromatic N) is 1. The Morgan fingerprint density at radius 3 is 2.44 bits per heavy atom. The maximum Gasteiger partial charge on any atom is 0.294 e. The molecule has 0 radical (unpaired) electrons. The van der Waals surface area contributed by atoms with E-state index in [-0.39, 0.29) is 10.5 Å². The number of halogens is 1. The third-order valence-electron chi connectivity index (χ3n) is 4.11. The Morgan fingerprint density at radius 1 is 1.11 bits per heavy atom. The van der Waals surface area contributed by atoms with Crippen LogP contribution in [0.2, 0.25) is 0 Å². The normalized spacial score (nSPS) is 15.5. The van der Waals surface area contributed by atoms with E-state index in [4.69, 9.17) is 0 Å². The molecule has 0 aliphatic carbocycles. The van der Waals surface area contributed by atoms with E-state index in [2.05, 4.69) is 5.32 Å². The van der Waals surface area contributed by atoms with Crippen molar-refractivity contribution in [1.29, 1.82) is 0 Å². The summed E-state index contributed by atoms with van der Waals surface area (Å²) in [5, 5.41) is 2.19. The minimum absolute atomic E-state index is 0.0879. The Hall–Kier alpha value is -2.93. The highest BCUT2D eigenvalue weighted by Crippen LogP contribution is 2.32. The lowest BCUT2D eigenvalue weighted by atomic mass is 10.1. The first-order valence-corrected chi connectivity index (χ1v) is 9.04. The molecule has 3 amide bonds. The van der Waals surface area contributed by atoms with Gasteiger partial charge in [-0.15, -0.1) is 0 Å². The van der Waals surface area contributed by atoms with Crippen molar-refractivity contribution in [3.05, 3.63) is 69.9 Å². The molecule has 0 unspecified atom stereocenters. The van der Waals surface area contributed by atoms with Gasteiger partial charge in [0.15, 0.2) is 0 Å². The molecule has 1 aliphatic rings. The van der Waals surface area contributed by atoms with Gasteiger partial charge < -0.3 is 5.32 Å². The lowest BCUT2D eigenvalue weighted by Gasteiger charge is -2.15. The molecule has 0 atom stereocenters. The minimum Gasteiger partial charge on any atom is -0.324 e. The van der Waals surface area contributed by atoms with E-state index in [0.29, 0.717) is 17.4 Å². The summed E-state index contributed by atoms with van der Waals surface area (Å²) >= 11 is 0.692. The fraction of sp³-hybridized carbons (Fsp3) is 0.150. The van der Waals surface area contributed by atoms with Gasteiger partial charge in [0.2, 0.25) is 5.91 Å². The van der Waals surface area contributed by atoms with Gasteiger partial charge in [-0.25, -0.2) is 4.39 Å². The molecule has 138 valence electrons. The largest absolute Gasteiger partial charge is 0.324 e. The number of carbonyl (C=O) groups excluding carboxylic acids is 3. The number of nitrogens with one attached hydrogen (secondary N) is 1. The number of thioether (sulfide) groups is 1. The molecule has 1 fully saturated rings. The molecule has 1 heterocycles. The lowest BCUT2D eigenvalue weighted by Crippen LogP contribution is -2.36. The van der Waals surface area contributed by atoms with Crippen molar-refractivity contribution >= 4 is 40.6 Å². The number of anilines is 1. The van der Waals surface area contributed by atoms with E-state index in [0.717, 1.165) is 16.0 Å². The molecule has 1 saturated heterocycles. The van der Waals surface area contributed by atoms with Crippen molar-refractivity contribution < 1.29 is 18.8 Å². The van der Waals surface area contributed by atoms with Gasteiger partial charge in [-0.2, -0.15) is 0 Å². The van der Waals surface area contributed by atoms with Gasteiger partial charge in [0, 0.05) is 11.3 Å². The van der Waals surface area contributed by atoms with Crippen LogP contribution < -0.4 is 5.32 Å². The molecule has 0 spiro atoms. The van der Waals surface area contributed by atoms with Gasteiger partial charge in [0.1, 0.15) is 12.4 Å². The molecule has 1 N–H and O–H groups in total. The van der Waals surface area contributed by atoms with Crippen molar-refractivity contribution in [2.24, 2.45) is 0 Å². The predicted octanol–water partition coefficient (Wildman–Crippen LogP) is 4.12. The number of hydrogen-bond acceptors (Lipinski definition) is 4. The fourth-order valence-corrected chi connectivity index (χ4v) is 3.53. The van der Waals surface area contributed by atoms with Crippen LogP contribution in [0.3, 0.4) is 0 Å². The van der Waals surface area contributed by atoms with Crippen molar-refractivity contribution in [2.75, 3.05) is 11.9 Å². The predicted molar refractivity (Wildman–Crippen MR) is 104 cm³/mol. The number of amides is 3. The molecule has 27 heavy (non-hydrogen) atoms. The second kappa shape index (κ2) is 7.75. The quantitative estimate of drug-likeness (QED) is 0.806. The molecular weight excluding hydrogens is 367 g/mol. The average Bonchev–Trinajstić information content (AvgIpc) is 2.88. The molecule has 3 rings (SSSR count). The summed E-state index contributed by atoms with van der Waals surface area (Å²) in [6.07, 6.45) is 1.32. The third kappa shape index (κ3) is 4.09. The van der Waals surface area contributed by atoms with E-state index >= 15 is 0 Å². The smallest absolute Gasteiger partial charge is 0.294 e. The van der Waals surface area contributed by atoms with Gasteiger partial charge in [-0.3, -0.25) is 19.3 Å². The monoisotopic (exact) mass is 384 g/mol. The van der Waals surface area contributed by atoms with Crippen LogP contribution in [0.5, 0.6) is 0 Å². The highest BCUT2D eigenvalue weighted by atomic mass is 32.2. The van der Waals surface area contributed by atoms with Crippen molar-refractivity contribution in [3.63, 3.8) is 0 Å². The topological polar surface area (TPSA) is 66.5 Å². The number of carbonyl (C=O) groups is 3. The maximum atomic E-state index is 13.8. The molecular formula is C20H17FN2O3S. The standard InChI is InChI=1S/C20H17FN2O3S/c1-12-6-5-7-13(2)18(12)22-17(24)11-23-19(25)16(27-20(23)26)10-14-8-3-4-9-15(14)21/h3-10H,11H2,1-2H3,(H,22,24)/b16-10+. The van der Waals surface area contributed by atoms with E-state index in [9.17, 15) is 18.8 Å². The highest BCUT2D eigenvalue weighted by Gasteiger charge is 2.36. The SMILES string of the molecule is Cc1cccc(C)c1NC(=O)CN1C(=O)S/C(=C/c2ccccc2F)C1=O. The molecule has 7 heteroatoms. The average molecular weight is 384 g/mol. The van der Waals surface area contributed by atoms with Crippen molar-refractivity contribution in [1.82, 2.24) is 4.90 Å². The van der Waals surface area contributed by atoms with Gasteiger partial charge >= 0.3 is 0 Å². The summed E-state index contributed by atoms with van der Waals surface area (Å²) in [7, 11) is 0. The van der Waals surface area contributed by atoms with E-state index in [1.54, 1.807) is 6.07 Å². The van der Waals surface area contributed by atoms with E-state index < -0.39 is 29.4 Å². The third-order valence-corrected chi connectivity index (χ3v) is 5.02. The van der Waals surface area contributed by atoms with Crippen LogP contribution in [0.4, 0.5) is 14.9 Å². The number of benzene rings is 2. The maximum absolute atomic E-state index is 13.8. The number of imide groups is 1. The van der Waals surface area contributed by atoms with Crippen LogP contribution in [-0.2, 0) is 9.59 Å². The Balaban J connectivity index is 1.74. The first-order valence-electron chi connectivity index (χ1n) is 8.23. The van der Waals surface area contributed by atoms with Gasteiger partial charge in [0.05, 0.1) is 4.91 Å². The number of para-hydroxylation sites is 1. The second-order valence-electron chi connectivity index (χ2n) is 6.10. The summed E-state index contributed by atoms with van der Waals surface area (Å²) in [5.74, 6) is -1.57. The molecule has 0 aromatic heterocycles. The van der Waals surface area contributed by atoms with E-state index in [1.807, 2.05) is 32.0 Å². The first kappa shape index (κ1) is 18.8. The zero-order chi connectivity index (χ0) is 19.6. The summed E-state index contributed by atoms with van der Waals surface area (Å²) in [5.41, 5.74) is 2.65. The fourth-order valence-electron chi connectivity index (χ4n) is 2.70. The number of rotatable bonds is 4. The lowest BCUT2D eigenvalue weighted by molar-refractivity contribution is -0.127. The number of aryl methyl sites for hydroxylation is 2. The molecule has 2 aromatic carbocycles. The second-order valence-corrected chi connectivity index (χ2v) is 7.10. The Bertz CT molecular complexity index is 951. The van der Waals surface area contributed by atoms with E-state index in [1.165, 1.54) is 24.3 Å². The molecule has 0 bridgehead atoms. The van der Waals surface area contributed by atoms with Crippen LogP contribution in [0.15, 0.2) is 47.4 Å². The number of hydrogen-bond donors (Lipinski definition) is 1. The van der Waals surface area contributed by atoms with Crippen LogP contribution in [0.1, 0.15) is 16.7 Å². The Labute approximate surface area is 160 Å². The molecule has 2 aromatic rings. The summed E-state index contributed by atoms with van der Waals surface area (Å²) < 4.78 is 13.8. The summed E-state index contributed by atoms with van der Waals surface area (Å²) in [6, 6.07) is 11.6. The Kier molecular flexibility index (Phi) is 5.41. The summed E-state index contributed by atoms with van der Waals surface area (Å²) in [6.45, 7) is 3.33. The van der Waals surface area contributed by atoms with Crippen molar-refractivity contribution in [2.45, 2.75) is 13.8 Å². The molecule has 5 nitrogen and oxygen atoms in total. The molecule has 1 aliphatic heterocycles. The van der Waals surface area contributed by atoms with Crippen LogP contribution in [0.25, 0.3) is 6.08 Å².